The molecule has 0 aliphatic rings. The summed E-state index contributed by atoms with van der Waals surface area (Å²) in [6.07, 6.45) is -0.256. The van der Waals surface area contributed by atoms with E-state index in [0.717, 1.165) is 0 Å². The number of rotatable bonds is 7. The van der Waals surface area contributed by atoms with Crippen molar-refractivity contribution < 1.29 is 27.6 Å². The summed E-state index contributed by atoms with van der Waals surface area (Å²) in [5, 5.41) is 16.5. The van der Waals surface area contributed by atoms with E-state index < -0.39 is 28.3 Å². The summed E-state index contributed by atoms with van der Waals surface area (Å²) in [5.41, 5.74) is 0. The van der Waals surface area contributed by atoms with Crippen LogP contribution in [0.2, 0.25) is 0 Å². The van der Waals surface area contributed by atoms with E-state index in [1.165, 1.54) is 0 Å². The van der Waals surface area contributed by atoms with Crippen LogP contribution in [0.1, 0.15) is 12.8 Å². The summed E-state index contributed by atoms with van der Waals surface area (Å²) in [4.78, 5) is 10.0. The van der Waals surface area contributed by atoms with Gasteiger partial charge < -0.3 is 10.2 Å². The van der Waals surface area contributed by atoms with Gasteiger partial charge in [-0.3, -0.25) is 8.98 Å². The zero-order valence-electron chi connectivity index (χ0n) is 6.97. The third-order valence-corrected chi connectivity index (χ3v) is 2.36. The number of hydrogen-bond acceptors (Lipinski definition) is 5. The van der Waals surface area contributed by atoms with Crippen molar-refractivity contribution in [3.63, 3.8) is 0 Å². The normalized spacial score (nSPS) is 9.93. The molecule has 0 heterocycles. The molecular weight excluding hydrogens is 246 g/mol. The van der Waals surface area contributed by atoms with Gasteiger partial charge in [-0.15, -0.1) is 0 Å². The molecule has 0 amide bonds. The molecule has 6 nitrogen and oxygen atoms in total. The van der Waals surface area contributed by atoms with Gasteiger partial charge in [0.15, 0.2) is 0 Å². The molecular formula is C6H14Na2O6S. The van der Waals surface area contributed by atoms with Crippen LogP contribution < -0.4 is 0 Å². The number of hydrogen-bond donors (Lipinski definition) is 2. The Morgan fingerprint density at radius 2 is 1.80 bits per heavy atom. The average molecular weight is 260 g/mol. The Kier molecular flexibility index (Phi) is 17.0. The number of carboxylic acid groups (broad SMARTS) is 1. The molecule has 0 fully saturated rings. The molecule has 0 rings (SSSR count). The summed E-state index contributed by atoms with van der Waals surface area (Å²) in [5.74, 6) is -1.72. The van der Waals surface area contributed by atoms with Crippen molar-refractivity contribution in [2.24, 2.45) is 0 Å². The summed E-state index contributed by atoms with van der Waals surface area (Å²) >= 11 is 0. The van der Waals surface area contributed by atoms with E-state index in [1.54, 1.807) is 0 Å². The van der Waals surface area contributed by atoms with Crippen LogP contribution in [0.4, 0.5) is 0 Å². The van der Waals surface area contributed by atoms with Gasteiger partial charge in [-0.2, -0.15) is 8.42 Å². The molecule has 15 heavy (non-hydrogen) atoms. The first-order valence-electron chi connectivity index (χ1n) is 3.67. The molecule has 0 aromatic rings. The van der Waals surface area contributed by atoms with E-state index in [9.17, 15) is 13.2 Å². The van der Waals surface area contributed by atoms with E-state index >= 15 is 0 Å². The quantitative estimate of drug-likeness (QED) is 0.309. The van der Waals surface area contributed by atoms with Crippen LogP contribution in [0.5, 0.6) is 0 Å². The molecule has 82 valence electrons. The van der Waals surface area contributed by atoms with Crippen molar-refractivity contribution in [2.75, 3.05) is 19.0 Å². The average Bonchev–Trinajstić information content (AvgIpc) is 2.02. The number of aliphatic hydroxyl groups excluding tert-OH is 1. The maximum absolute atomic E-state index is 10.8. The second-order valence-corrected chi connectivity index (χ2v) is 4.06. The van der Waals surface area contributed by atoms with E-state index in [0.29, 0.717) is 0 Å². The molecule has 0 aromatic heterocycles. The summed E-state index contributed by atoms with van der Waals surface area (Å²) < 4.78 is 26.1. The molecule has 0 aliphatic carbocycles. The fourth-order valence-electron chi connectivity index (χ4n) is 0.522. The fraction of sp³-hybridized carbons (Fsp3) is 0.833. The van der Waals surface area contributed by atoms with Crippen molar-refractivity contribution in [2.45, 2.75) is 12.8 Å². The van der Waals surface area contributed by atoms with Gasteiger partial charge in [0.25, 0.3) is 10.1 Å². The predicted molar refractivity (Wildman–Crippen MR) is 58.0 cm³/mol. The fourth-order valence-corrected chi connectivity index (χ4v) is 1.44. The van der Waals surface area contributed by atoms with Crippen LogP contribution in [-0.4, -0.2) is 103 Å². The molecule has 0 spiro atoms. The van der Waals surface area contributed by atoms with Gasteiger partial charge in [-0.25, -0.2) is 0 Å². The third-order valence-electron chi connectivity index (χ3n) is 1.13. The molecule has 0 saturated carbocycles. The first-order chi connectivity index (χ1) is 5.98. The van der Waals surface area contributed by atoms with E-state index in [-0.39, 0.29) is 78.7 Å². The zero-order chi connectivity index (χ0) is 10.3. The van der Waals surface area contributed by atoms with Gasteiger partial charge in [-0.1, -0.05) is 0 Å². The van der Waals surface area contributed by atoms with Gasteiger partial charge in [-0.05, 0) is 6.42 Å². The van der Waals surface area contributed by atoms with Crippen molar-refractivity contribution in [1.82, 2.24) is 0 Å². The molecule has 2 N–H and O–H groups in total. The first kappa shape index (κ1) is 21.6. The minimum absolute atomic E-state index is 0. The molecule has 0 bridgehead atoms. The summed E-state index contributed by atoms with van der Waals surface area (Å²) in [7, 11) is -3.74. The SMILES string of the molecule is O=C(O)CCS(=O)(=O)OCCCO.[NaH].[NaH]. The topological polar surface area (TPSA) is 101 Å². The third kappa shape index (κ3) is 15.3. The second kappa shape index (κ2) is 11.8. The Morgan fingerprint density at radius 3 is 2.20 bits per heavy atom. The standard InChI is InChI=1S/C6H12O6S.2Na.2H/c7-3-1-4-12-13(10,11)5-2-6(8)9;;;;/h7H,1-5H2,(H,8,9);;;;. The number of carboxylic acids is 1. The number of carbonyl (C=O) groups is 1. The Labute approximate surface area is 133 Å². The van der Waals surface area contributed by atoms with Crippen molar-refractivity contribution in [3.8, 4) is 0 Å². The Balaban J connectivity index is -0.000000720. The van der Waals surface area contributed by atoms with Crippen molar-refractivity contribution in [1.29, 1.82) is 0 Å². The van der Waals surface area contributed by atoms with Gasteiger partial charge in [0, 0.05) is 6.61 Å². The van der Waals surface area contributed by atoms with Gasteiger partial charge >= 0.3 is 65.1 Å². The van der Waals surface area contributed by atoms with Gasteiger partial charge in [0.1, 0.15) is 0 Å². The predicted octanol–water partition coefficient (Wildman–Crippen LogP) is -2.11. The van der Waals surface area contributed by atoms with Gasteiger partial charge in [0.2, 0.25) is 0 Å². The van der Waals surface area contributed by atoms with Gasteiger partial charge in [0.05, 0.1) is 18.8 Å². The van der Waals surface area contributed by atoms with Crippen LogP contribution in [0.15, 0.2) is 0 Å². The van der Waals surface area contributed by atoms with Crippen LogP contribution >= 0.6 is 0 Å². The molecule has 0 saturated heterocycles. The molecule has 0 radical (unpaired) electrons. The Morgan fingerprint density at radius 1 is 1.27 bits per heavy atom. The summed E-state index contributed by atoms with van der Waals surface area (Å²) in [6, 6.07) is 0. The number of aliphatic carboxylic acids is 1. The molecule has 0 unspecified atom stereocenters. The molecule has 0 aromatic carbocycles. The molecule has 0 atom stereocenters. The van der Waals surface area contributed by atoms with Crippen LogP contribution in [-0.2, 0) is 19.1 Å². The van der Waals surface area contributed by atoms with Crippen molar-refractivity contribution in [3.05, 3.63) is 0 Å². The Bertz CT molecular complexity index is 252. The maximum atomic E-state index is 10.8. The van der Waals surface area contributed by atoms with E-state index in [2.05, 4.69) is 4.18 Å². The van der Waals surface area contributed by atoms with Crippen LogP contribution in [0, 0.1) is 0 Å². The molecule has 9 heteroatoms. The minimum atomic E-state index is -3.74. The van der Waals surface area contributed by atoms with E-state index in [1.807, 2.05) is 0 Å². The number of aliphatic hydroxyl groups is 1. The van der Waals surface area contributed by atoms with Crippen molar-refractivity contribution >= 4 is 75.2 Å². The molecule has 0 aliphatic heterocycles. The Hall–Kier alpha value is 1.34. The second-order valence-electron chi connectivity index (χ2n) is 2.30. The monoisotopic (exact) mass is 260 g/mol. The van der Waals surface area contributed by atoms with Crippen LogP contribution in [0.3, 0.4) is 0 Å². The zero-order valence-corrected chi connectivity index (χ0v) is 7.79. The van der Waals surface area contributed by atoms with Crippen LogP contribution in [0.25, 0.3) is 0 Å². The van der Waals surface area contributed by atoms with E-state index in [4.69, 9.17) is 10.2 Å². The summed E-state index contributed by atoms with van der Waals surface area (Å²) in [6.45, 7) is -0.271. The first-order valence-corrected chi connectivity index (χ1v) is 5.25.